The van der Waals surface area contributed by atoms with Crippen LogP contribution in [0.1, 0.15) is 22.3 Å². The molecule has 2 aromatic carbocycles. The molecule has 0 fully saturated rings. The number of hydrogen-bond donors (Lipinski definition) is 0. The second-order valence-corrected chi connectivity index (χ2v) is 7.59. The van der Waals surface area contributed by atoms with Crippen LogP contribution >= 0.6 is 11.6 Å². The average molecular weight is 350 g/mol. The summed E-state index contributed by atoms with van der Waals surface area (Å²) in [5.41, 5.74) is 2.12. The molecule has 1 heterocycles. The third kappa shape index (κ3) is 2.99. The van der Waals surface area contributed by atoms with E-state index in [-0.39, 0.29) is 23.0 Å². The molecular weight excluding hydrogens is 334 g/mol. The van der Waals surface area contributed by atoms with Gasteiger partial charge in [0.05, 0.1) is 10.6 Å². The highest BCUT2D eigenvalue weighted by Crippen LogP contribution is 2.33. The Hall–Kier alpha value is -1.85. The van der Waals surface area contributed by atoms with Crippen molar-refractivity contribution in [1.29, 1.82) is 0 Å². The Labute approximate surface area is 140 Å². The van der Waals surface area contributed by atoms with E-state index in [0.717, 1.165) is 5.56 Å². The first-order valence-corrected chi connectivity index (χ1v) is 9.31. The van der Waals surface area contributed by atoms with Crippen LogP contribution in [-0.2, 0) is 16.4 Å². The van der Waals surface area contributed by atoms with E-state index in [1.165, 1.54) is 4.31 Å². The van der Waals surface area contributed by atoms with Gasteiger partial charge in [-0.1, -0.05) is 18.2 Å². The lowest BCUT2D eigenvalue weighted by molar-refractivity contribution is 0.0989. The molecule has 0 aromatic heterocycles. The molecule has 0 saturated heterocycles. The number of anilines is 1. The Kier molecular flexibility index (Phi) is 4.41. The highest BCUT2D eigenvalue weighted by molar-refractivity contribution is 7.92. The molecule has 1 aliphatic heterocycles. The smallest absolute Gasteiger partial charge is 0.264 e. The summed E-state index contributed by atoms with van der Waals surface area (Å²) in [7, 11) is -3.57. The van der Waals surface area contributed by atoms with Crippen molar-refractivity contribution < 1.29 is 13.2 Å². The third-order valence-corrected chi connectivity index (χ3v) is 5.92. The van der Waals surface area contributed by atoms with Gasteiger partial charge in [0.1, 0.15) is 0 Å². The number of Topliss-reactive ketones (excluding diaryl/α,β-unsaturated/α-hetero) is 1. The van der Waals surface area contributed by atoms with E-state index >= 15 is 0 Å². The van der Waals surface area contributed by atoms with Crippen LogP contribution in [0.3, 0.4) is 0 Å². The Balaban J connectivity index is 1.95. The highest BCUT2D eigenvalue weighted by atomic mass is 35.5. The standard InChI is InChI=1S/C17H16ClNO3S/c18-10-8-17(20)14-6-7-16-13(12-14)9-11-19(16)23(21,22)15-4-2-1-3-5-15/h1-7,12H,8-11H2. The second-order valence-electron chi connectivity index (χ2n) is 5.35. The number of alkyl halides is 1. The second kappa shape index (κ2) is 6.34. The summed E-state index contributed by atoms with van der Waals surface area (Å²) in [5, 5.41) is 0. The van der Waals surface area contributed by atoms with Crippen LogP contribution in [-0.4, -0.2) is 26.6 Å². The zero-order chi connectivity index (χ0) is 16.4. The first-order valence-electron chi connectivity index (χ1n) is 7.34. The minimum atomic E-state index is -3.57. The van der Waals surface area contributed by atoms with Gasteiger partial charge in [-0.3, -0.25) is 9.10 Å². The number of rotatable bonds is 5. The normalized spacial score (nSPS) is 13.9. The quantitative estimate of drug-likeness (QED) is 0.615. The van der Waals surface area contributed by atoms with Crippen molar-refractivity contribution in [3.63, 3.8) is 0 Å². The fourth-order valence-corrected chi connectivity index (χ4v) is 4.44. The molecule has 0 atom stereocenters. The molecule has 3 rings (SSSR count). The number of carbonyl (C=O) groups is 1. The average Bonchev–Trinajstić information content (AvgIpc) is 2.99. The number of ketones is 1. The van der Waals surface area contributed by atoms with Gasteiger partial charge in [0.25, 0.3) is 10.0 Å². The minimum absolute atomic E-state index is 0.0211. The molecule has 23 heavy (non-hydrogen) atoms. The molecule has 120 valence electrons. The predicted molar refractivity (Wildman–Crippen MR) is 90.8 cm³/mol. The Bertz CT molecular complexity index is 834. The van der Waals surface area contributed by atoms with Crippen LogP contribution in [0.4, 0.5) is 5.69 Å². The number of sulfonamides is 1. The van der Waals surface area contributed by atoms with E-state index < -0.39 is 10.0 Å². The Morgan fingerprint density at radius 2 is 1.87 bits per heavy atom. The van der Waals surface area contributed by atoms with Crippen molar-refractivity contribution in [3.8, 4) is 0 Å². The van der Waals surface area contributed by atoms with E-state index in [4.69, 9.17) is 11.6 Å². The summed E-state index contributed by atoms with van der Waals surface area (Å²) in [4.78, 5) is 12.2. The molecule has 1 aliphatic rings. The van der Waals surface area contributed by atoms with Gasteiger partial charge < -0.3 is 0 Å². The largest absolute Gasteiger partial charge is 0.294 e. The van der Waals surface area contributed by atoms with Gasteiger partial charge in [0.15, 0.2) is 5.78 Å². The molecule has 6 heteroatoms. The van der Waals surface area contributed by atoms with E-state index in [1.807, 2.05) is 0 Å². The maximum Gasteiger partial charge on any atom is 0.264 e. The van der Waals surface area contributed by atoms with Gasteiger partial charge >= 0.3 is 0 Å². The van der Waals surface area contributed by atoms with Crippen LogP contribution in [0.5, 0.6) is 0 Å². The highest BCUT2D eigenvalue weighted by Gasteiger charge is 2.31. The summed E-state index contributed by atoms with van der Waals surface area (Å²) in [6.45, 7) is 0.389. The van der Waals surface area contributed by atoms with Gasteiger partial charge in [-0.05, 0) is 42.3 Å². The van der Waals surface area contributed by atoms with Crippen molar-refractivity contribution in [1.82, 2.24) is 0 Å². The van der Waals surface area contributed by atoms with Crippen LogP contribution < -0.4 is 4.31 Å². The third-order valence-electron chi connectivity index (χ3n) is 3.91. The SMILES string of the molecule is O=C(CCCl)c1ccc2c(c1)CCN2S(=O)(=O)c1ccccc1. The van der Waals surface area contributed by atoms with Gasteiger partial charge in [-0.15, -0.1) is 11.6 Å². The van der Waals surface area contributed by atoms with Gasteiger partial charge in [-0.2, -0.15) is 0 Å². The number of halogens is 1. The van der Waals surface area contributed by atoms with Gasteiger partial charge in [0.2, 0.25) is 0 Å². The Morgan fingerprint density at radius 3 is 2.57 bits per heavy atom. The van der Waals surface area contributed by atoms with E-state index in [0.29, 0.717) is 24.2 Å². The predicted octanol–water partition coefficient (Wildman–Crippen LogP) is 3.25. The monoisotopic (exact) mass is 349 g/mol. The fourth-order valence-electron chi connectivity index (χ4n) is 2.74. The fraction of sp³-hybridized carbons (Fsp3) is 0.235. The Morgan fingerprint density at radius 1 is 1.13 bits per heavy atom. The molecule has 0 spiro atoms. The van der Waals surface area contributed by atoms with Crippen LogP contribution in [0.2, 0.25) is 0 Å². The molecule has 0 amide bonds. The summed E-state index contributed by atoms with van der Waals surface area (Å²) in [6, 6.07) is 13.5. The maximum atomic E-state index is 12.8. The van der Waals surface area contributed by atoms with E-state index in [9.17, 15) is 13.2 Å². The summed E-state index contributed by atoms with van der Waals surface area (Å²) in [5.74, 6) is 0.261. The number of benzene rings is 2. The van der Waals surface area contributed by atoms with E-state index in [2.05, 4.69) is 0 Å². The molecule has 0 bridgehead atoms. The first-order chi connectivity index (χ1) is 11.0. The molecular formula is C17H16ClNO3S. The number of hydrogen-bond acceptors (Lipinski definition) is 3. The van der Waals surface area contributed by atoms with E-state index in [1.54, 1.807) is 48.5 Å². The number of nitrogens with zero attached hydrogens (tertiary/aromatic N) is 1. The lowest BCUT2D eigenvalue weighted by atomic mass is 10.0. The number of carbonyl (C=O) groups excluding carboxylic acids is 1. The van der Waals surface area contributed by atoms with Gasteiger partial charge in [-0.25, -0.2) is 8.42 Å². The summed E-state index contributed by atoms with van der Waals surface area (Å²) >= 11 is 5.61. The number of fused-ring (bicyclic) bond motifs is 1. The molecule has 0 radical (unpaired) electrons. The lowest BCUT2D eigenvalue weighted by Gasteiger charge is -2.19. The zero-order valence-corrected chi connectivity index (χ0v) is 14.0. The topological polar surface area (TPSA) is 54.5 Å². The molecule has 0 saturated carbocycles. The summed E-state index contributed by atoms with van der Waals surface area (Å²) < 4.78 is 26.9. The summed E-state index contributed by atoms with van der Waals surface area (Å²) in [6.07, 6.45) is 0.885. The van der Waals surface area contributed by atoms with Crippen LogP contribution in [0.15, 0.2) is 53.4 Å². The van der Waals surface area contributed by atoms with Crippen molar-refractivity contribution in [2.75, 3.05) is 16.7 Å². The van der Waals surface area contributed by atoms with Gasteiger partial charge in [0, 0.05) is 24.4 Å². The molecule has 0 N–H and O–H groups in total. The molecule has 2 aromatic rings. The lowest BCUT2D eigenvalue weighted by Crippen LogP contribution is -2.29. The zero-order valence-electron chi connectivity index (χ0n) is 12.4. The van der Waals surface area contributed by atoms with Crippen LogP contribution in [0.25, 0.3) is 0 Å². The van der Waals surface area contributed by atoms with Crippen molar-refractivity contribution in [2.45, 2.75) is 17.7 Å². The molecule has 0 aliphatic carbocycles. The molecule has 0 unspecified atom stereocenters. The van der Waals surface area contributed by atoms with Crippen molar-refractivity contribution in [2.24, 2.45) is 0 Å². The van der Waals surface area contributed by atoms with Crippen molar-refractivity contribution >= 4 is 33.1 Å². The first kappa shape index (κ1) is 16.0. The molecule has 4 nitrogen and oxygen atoms in total. The maximum absolute atomic E-state index is 12.8. The van der Waals surface area contributed by atoms with Crippen molar-refractivity contribution in [3.05, 3.63) is 59.7 Å². The minimum Gasteiger partial charge on any atom is -0.294 e. The van der Waals surface area contributed by atoms with Crippen LogP contribution in [0, 0.1) is 0 Å².